The molecular weight excluding hydrogens is 198 g/mol. The number of amides is 2. The normalized spacial score (nSPS) is 12.3. The van der Waals surface area contributed by atoms with Gasteiger partial charge in [0.05, 0.1) is 0 Å². The quantitative estimate of drug-likeness (QED) is 0.661. The summed E-state index contributed by atoms with van der Waals surface area (Å²) in [5, 5.41) is 11.0. The van der Waals surface area contributed by atoms with Gasteiger partial charge in [0, 0.05) is 20.1 Å². The number of hydrogen-bond donors (Lipinski definition) is 2. The minimum atomic E-state index is -1.04. The Kier molecular flexibility index (Phi) is 5.69. The van der Waals surface area contributed by atoms with Crippen molar-refractivity contribution >= 4 is 12.0 Å². The summed E-state index contributed by atoms with van der Waals surface area (Å²) in [6.45, 7) is 2.73. The highest BCUT2D eigenvalue weighted by atomic mass is 16.4. The van der Waals surface area contributed by atoms with Gasteiger partial charge in [-0.1, -0.05) is 0 Å². The molecule has 88 valence electrons. The Morgan fingerprint density at radius 3 is 2.20 bits per heavy atom. The molecule has 1 atom stereocenters. The zero-order chi connectivity index (χ0) is 12.0. The summed E-state index contributed by atoms with van der Waals surface area (Å²) in [6.07, 6.45) is 0. The minimum absolute atomic E-state index is 0.369. The number of carbonyl (C=O) groups excluding carboxylic acids is 1. The average molecular weight is 217 g/mol. The Labute approximate surface area is 89.8 Å². The number of nitrogens with zero attached hydrogens (tertiary/aromatic N) is 2. The van der Waals surface area contributed by atoms with E-state index in [2.05, 4.69) is 5.32 Å². The van der Waals surface area contributed by atoms with Crippen molar-refractivity contribution in [2.24, 2.45) is 0 Å². The highest BCUT2D eigenvalue weighted by Gasteiger charge is 2.16. The van der Waals surface area contributed by atoms with E-state index < -0.39 is 12.0 Å². The van der Waals surface area contributed by atoms with E-state index in [-0.39, 0.29) is 6.03 Å². The van der Waals surface area contributed by atoms with Gasteiger partial charge in [-0.2, -0.15) is 0 Å². The number of carboxylic acid groups (broad SMARTS) is 1. The van der Waals surface area contributed by atoms with E-state index >= 15 is 0 Å². The molecule has 0 fully saturated rings. The van der Waals surface area contributed by atoms with Gasteiger partial charge in [0.2, 0.25) is 0 Å². The lowest BCUT2D eigenvalue weighted by atomic mass is 10.3. The van der Waals surface area contributed by atoms with Gasteiger partial charge in [-0.3, -0.25) is 4.79 Å². The molecule has 0 spiro atoms. The van der Waals surface area contributed by atoms with Crippen molar-refractivity contribution in [1.82, 2.24) is 15.1 Å². The number of nitrogens with one attached hydrogen (secondary N) is 1. The fourth-order valence-electron chi connectivity index (χ4n) is 0.809. The maximum Gasteiger partial charge on any atom is 0.325 e. The van der Waals surface area contributed by atoms with Gasteiger partial charge in [0.15, 0.2) is 0 Å². The van der Waals surface area contributed by atoms with Gasteiger partial charge in [-0.05, 0) is 21.0 Å². The Bertz CT molecular complexity index is 231. The van der Waals surface area contributed by atoms with E-state index in [0.717, 1.165) is 6.54 Å². The lowest BCUT2D eigenvalue weighted by molar-refractivity contribution is -0.138. The molecule has 0 aliphatic heterocycles. The zero-order valence-corrected chi connectivity index (χ0v) is 9.65. The molecule has 2 amide bonds. The van der Waals surface area contributed by atoms with Gasteiger partial charge >= 0.3 is 12.0 Å². The molecule has 15 heavy (non-hydrogen) atoms. The van der Waals surface area contributed by atoms with E-state index in [9.17, 15) is 9.59 Å². The molecule has 0 unspecified atom stereocenters. The maximum absolute atomic E-state index is 11.4. The third-order valence-corrected chi connectivity index (χ3v) is 1.94. The smallest absolute Gasteiger partial charge is 0.325 e. The molecule has 0 aromatic carbocycles. The van der Waals surface area contributed by atoms with Crippen LogP contribution in [0.3, 0.4) is 0 Å². The van der Waals surface area contributed by atoms with Crippen molar-refractivity contribution in [3.8, 4) is 0 Å². The van der Waals surface area contributed by atoms with Gasteiger partial charge in [0.25, 0.3) is 0 Å². The second-order valence-electron chi connectivity index (χ2n) is 3.73. The van der Waals surface area contributed by atoms with Crippen molar-refractivity contribution < 1.29 is 14.7 Å². The minimum Gasteiger partial charge on any atom is -0.480 e. The molecule has 0 heterocycles. The van der Waals surface area contributed by atoms with Crippen LogP contribution in [0.15, 0.2) is 0 Å². The number of likely N-dealkylation sites (N-methyl/N-ethyl adjacent to an activating group) is 2. The molecule has 0 radical (unpaired) electrons. The van der Waals surface area contributed by atoms with Gasteiger partial charge in [-0.25, -0.2) is 4.79 Å². The Hall–Kier alpha value is -1.30. The molecule has 0 rings (SSSR count). The number of carboxylic acids is 1. The first kappa shape index (κ1) is 13.7. The fourth-order valence-corrected chi connectivity index (χ4v) is 0.809. The number of aliphatic carboxylic acids is 1. The number of carbonyl (C=O) groups is 2. The number of hydrogen-bond acceptors (Lipinski definition) is 3. The van der Waals surface area contributed by atoms with Gasteiger partial charge in [0.1, 0.15) is 6.04 Å². The van der Waals surface area contributed by atoms with Crippen molar-refractivity contribution in [3.05, 3.63) is 0 Å². The van der Waals surface area contributed by atoms with Crippen molar-refractivity contribution in [3.63, 3.8) is 0 Å². The molecule has 0 saturated carbocycles. The lowest BCUT2D eigenvalue weighted by Gasteiger charge is -2.21. The molecule has 6 heteroatoms. The predicted molar refractivity (Wildman–Crippen MR) is 56.8 cm³/mol. The largest absolute Gasteiger partial charge is 0.480 e. The highest BCUT2D eigenvalue weighted by molar-refractivity contribution is 5.82. The standard InChI is InChI=1S/C9H19N3O3/c1-7(8(13)14)10-9(15)12(4)6-5-11(2)3/h7H,5-6H2,1-4H3,(H,10,15)(H,13,14)/t7-/m1/s1. The summed E-state index contributed by atoms with van der Waals surface area (Å²) in [5.41, 5.74) is 0. The van der Waals surface area contributed by atoms with E-state index in [0.29, 0.717) is 6.54 Å². The van der Waals surface area contributed by atoms with Crippen LogP contribution in [0.25, 0.3) is 0 Å². The number of rotatable bonds is 5. The van der Waals surface area contributed by atoms with Gasteiger partial charge in [-0.15, -0.1) is 0 Å². The summed E-state index contributed by atoms with van der Waals surface area (Å²) >= 11 is 0. The SMILES string of the molecule is C[C@@H](NC(=O)N(C)CCN(C)C)C(=O)O. The molecule has 0 aliphatic rings. The topological polar surface area (TPSA) is 72.9 Å². The Morgan fingerprint density at radius 1 is 1.27 bits per heavy atom. The van der Waals surface area contributed by atoms with E-state index in [1.54, 1.807) is 7.05 Å². The van der Waals surface area contributed by atoms with Crippen LogP contribution in [-0.4, -0.2) is 67.2 Å². The summed E-state index contributed by atoms with van der Waals surface area (Å²) in [5.74, 6) is -1.04. The van der Waals surface area contributed by atoms with Crippen LogP contribution in [0, 0.1) is 0 Å². The zero-order valence-electron chi connectivity index (χ0n) is 9.65. The first-order valence-corrected chi connectivity index (χ1v) is 4.73. The van der Waals surface area contributed by atoms with Crippen LogP contribution in [0.5, 0.6) is 0 Å². The van der Waals surface area contributed by atoms with Crippen molar-refractivity contribution in [2.75, 3.05) is 34.2 Å². The van der Waals surface area contributed by atoms with E-state index in [4.69, 9.17) is 5.11 Å². The summed E-state index contributed by atoms with van der Waals surface area (Å²) < 4.78 is 0. The molecule has 6 nitrogen and oxygen atoms in total. The molecule has 2 N–H and O–H groups in total. The summed E-state index contributed by atoms with van der Waals surface area (Å²) in [7, 11) is 5.45. The Balaban J connectivity index is 3.94. The molecule has 0 aromatic rings. The van der Waals surface area contributed by atoms with E-state index in [1.807, 2.05) is 19.0 Å². The third-order valence-electron chi connectivity index (χ3n) is 1.94. The van der Waals surface area contributed by atoms with Crippen LogP contribution in [0.4, 0.5) is 4.79 Å². The van der Waals surface area contributed by atoms with Crippen LogP contribution in [-0.2, 0) is 4.79 Å². The van der Waals surface area contributed by atoms with Gasteiger partial charge < -0.3 is 20.2 Å². The van der Waals surface area contributed by atoms with Crippen molar-refractivity contribution in [1.29, 1.82) is 0 Å². The molecule has 0 saturated heterocycles. The second kappa shape index (κ2) is 6.23. The fraction of sp³-hybridized carbons (Fsp3) is 0.778. The molecule has 0 aromatic heterocycles. The van der Waals surface area contributed by atoms with Crippen molar-refractivity contribution in [2.45, 2.75) is 13.0 Å². The molecule has 0 aliphatic carbocycles. The predicted octanol–water partition coefficient (Wildman–Crippen LogP) is -0.337. The lowest BCUT2D eigenvalue weighted by Crippen LogP contribution is -2.46. The highest BCUT2D eigenvalue weighted by Crippen LogP contribution is 1.89. The third kappa shape index (κ3) is 5.90. The number of urea groups is 1. The Morgan fingerprint density at radius 2 is 1.80 bits per heavy atom. The summed E-state index contributed by atoms with van der Waals surface area (Å²) in [4.78, 5) is 25.3. The van der Waals surface area contributed by atoms with Crippen LogP contribution < -0.4 is 5.32 Å². The average Bonchev–Trinajstić information content (AvgIpc) is 2.13. The van der Waals surface area contributed by atoms with Crippen LogP contribution >= 0.6 is 0 Å². The molecule has 0 bridgehead atoms. The van der Waals surface area contributed by atoms with Crippen LogP contribution in [0.2, 0.25) is 0 Å². The maximum atomic E-state index is 11.4. The monoisotopic (exact) mass is 217 g/mol. The molecular formula is C9H19N3O3. The second-order valence-corrected chi connectivity index (χ2v) is 3.73. The van der Waals surface area contributed by atoms with Crippen LogP contribution in [0.1, 0.15) is 6.92 Å². The van der Waals surface area contributed by atoms with E-state index in [1.165, 1.54) is 11.8 Å². The first-order chi connectivity index (χ1) is 6.84. The first-order valence-electron chi connectivity index (χ1n) is 4.73. The summed E-state index contributed by atoms with van der Waals surface area (Å²) in [6, 6.07) is -1.23.